The third-order valence-corrected chi connectivity index (χ3v) is 2.90. The molecule has 2 rings (SSSR count). The number of pyridine rings is 1. The summed E-state index contributed by atoms with van der Waals surface area (Å²) in [4.78, 5) is 27.9. The van der Waals surface area contributed by atoms with Crippen LogP contribution in [0.15, 0.2) is 48.7 Å². The van der Waals surface area contributed by atoms with Crippen LogP contribution in [0.25, 0.3) is 0 Å². The van der Waals surface area contributed by atoms with Gasteiger partial charge in [-0.3, -0.25) is 4.79 Å². The molecule has 1 heterocycles. The summed E-state index contributed by atoms with van der Waals surface area (Å²) in [5.41, 5.74) is 0.629. The first-order valence-electron chi connectivity index (χ1n) is 6.42. The Morgan fingerprint density at radius 3 is 2.38 bits per heavy atom. The predicted molar refractivity (Wildman–Crippen MR) is 76.4 cm³/mol. The van der Waals surface area contributed by atoms with E-state index in [1.54, 1.807) is 43.5 Å². The molecule has 1 atom stereocenters. The Hall–Kier alpha value is -2.69. The highest BCUT2D eigenvalue weighted by molar-refractivity contribution is 6.01. The van der Waals surface area contributed by atoms with Crippen molar-refractivity contribution >= 4 is 11.8 Å². The van der Waals surface area contributed by atoms with Crippen molar-refractivity contribution in [2.24, 2.45) is 0 Å². The summed E-state index contributed by atoms with van der Waals surface area (Å²) in [5.74, 6) is -0.239. The van der Waals surface area contributed by atoms with E-state index < -0.39 is 12.1 Å². The first kappa shape index (κ1) is 14.7. The van der Waals surface area contributed by atoms with Crippen molar-refractivity contribution in [2.45, 2.75) is 13.0 Å². The Morgan fingerprint density at radius 1 is 1.10 bits per heavy atom. The first-order chi connectivity index (χ1) is 10.1. The van der Waals surface area contributed by atoms with Crippen LogP contribution in [0, 0.1) is 0 Å². The standard InChI is InChI=1S/C16H15NO4/c1-11(21-16(19)14-5-3-4-10-17-14)15(18)12-6-8-13(20-2)9-7-12/h3-11H,1-2H3/t11-/m0/s1. The number of esters is 1. The van der Waals surface area contributed by atoms with Gasteiger partial charge in [0.25, 0.3) is 0 Å². The average Bonchev–Trinajstić information content (AvgIpc) is 2.55. The van der Waals surface area contributed by atoms with Gasteiger partial charge < -0.3 is 9.47 Å². The fourth-order valence-corrected chi connectivity index (χ4v) is 1.75. The quantitative estimate of drug-likeness (QED) is 0.624. The van der Waals surface area contributed by atoms with Crippen molar-refractivity contribution in [1.29, 1.82) is 0 Å². The van der Waals surface area contributed by atoms with Crippen LogP contribution in [0.5, 0.6) is 5.75 Å². The zero-order valence-corrected chi connectivity index (χ0v) is 11.8. The zero-order chi connectivity index (χ0) is 15.2. The van der Waals surface area contributed by atoms with Crippen molar-refractivity contribution in [1.82, 2.24) is 4.98 Å². The third kappa shape index (κ3) is 3.66. The van der Waals surface area contributed by atoms with Gasteiger partial charge in [0.05, 0.1) is 7.11 Å². The fourth-order valence-electron chi connectivity index (χ4n) is 1.75. The van der Waals surface area contributed by atoms with Crippen molar-refractivity contribution in [2.75, 3.05) is 7.11 Å². The second-order valence-electron chi connectivity index (χ2n) is 4.36. The molecule has 0 radical (unpaired) electrons. The number of nitrogens with zero attached hydrogens (tertiary/aromatic N) is 1. The molecule has 0 N–H and O–H groups in total. The molecular weight excluding hydrogens is 270 g/mol. The van der Waals surface area contributed by atoms with Crippen LogP contribution in [-0.4, -0.2) is 30.0 Å². The van der Waals surface area contributed by atoms with Crippen molar-refractivity contribution in [3.63, 3.8) is 0 Å². The molecule has 0 spiro atoms. The molecule has 0 aliphatic rings. The minimum absolute atomic E-state index is 0.173. The summed E-state index contributed by atoms with van der Waals surface area (Å²) in [6, 6.07) is 11.5. The van der Waals surface area contributed by atoms with Gasteiger partial charge in [-0.2, -0.15) is 0 Å². The number of hydrogen-bond donors (Lipinski definition) is 0. The van der Waals surface area contributed by atoms with Crippen LogP contribution in [0.4, 0.5) is 0 Å². The highest BCUT2D eigenvalue weighted by Gasteiger charge is 2.20. The van der Waals surface area contributed by atoms with Crippen molar-refractivity contribution < 1.29 is 19.1 Å². The van der Waals surface area contributed by atoms with Crippen LogP contribution >= 0.6 is 0 Å². The third-order valence-electron chi connectivity index (χ3n) is 2.90. The molecule has 21 heavy (non-hydrogen) atoms. The van der Waals surface area contributed by atoms with Crippen molar-refractivity contribution in [3.05, 3.63) is 59.9 Å². The monoisotopic (exact) mass is 285 g/mol. The van der Waals surface area contributed by atoms with E-state index in [0.29, 0.717) is 11.3 Å². The highest BCUT2D eigenvalue weighted by atomic mass is 16.5. The Bertz CT molecular complexity index is 622. The molecule has 5 nitrogen and oxygen atoms in total. The number of ketones is 1. The number of Topliss-reactive ketones (excluding diaryl/α,β-unsaturated/α-hetero) is 1. The number of carbonyl (C=O) groups is 2. The van der Waals surface area contributed by atoms with Crippen molar-refractivity contribution in [3.8, 4) is 5.75 Å². The summed E-state index contributed by atoms with van der Waals surface area (Å²) >= 11 is 0. The van der Waals surface area contributed by atoms with Crippen LogP contribution in [0.1, 0.15) is 27.8 Å². The van der Waals surface area contributed by atoms with E-state index in [2.05, 4.69) is 4.98 Å². The van der Waals surface area contributed by atoms with E-state index in [9.17, 15) is 9.59 Å². The minimum atomic E-state index is -0.882. The SMILES string of the molecule is COc1ccc(C(=O)[C@H](C)OC(=O)c2ccccn2)cc1. The van der Waals surface area contributed by atoms with Gasteiger partial charge >= 0.3 is 5.97 Å². The summed E-state index contributed by atoms with van der Waals surface area (Å²) in [7, 11) is 1.55. The van der Waals surface area contributed by atoms with Gasteiger partial charge in [0.2, 0.25) is 5.78 Å². The first-order valence-corrected chi connectivity index (χ1v) is 6.42. The van der Waals surface area contributed by atoms with Crippen LogP contribution in [-0.2, 0) is 4.74 Å². The summed E-state index contributed by atoms with van der Waals surface area (Å²) in [6.45, 7) is 1.54. The van der Waals surface area contributed by atoms with Crippen LogP contribution < -0.4 is 4.74 Å². The molecule has 108 valence electrons. The normalized spacial score (nSPS) is 11.5. The summed E-state index contributed by atoms with van der Waals surface area (Å²) < 4.78 is 10.2. The lowest BCUT2D eigenvalue weighted by Crippen LogP contribution is -2.24. The van der Waals surface area contributed by atoms with Gasteiger partial charge in [-0.15, -0.1) is 0 Å². The molecule has 0 unspecified atom stereocenters. The Morgan fingerprint density at radius 2 is 1.81 bits per heavy atom. The maximum atomic E-state index is 12.2. The second-order valence-corrected chi connectivity index (χ2v) is 4.36. The molecule has 0 amide bonds. The average molecular weight is 285 g/mol. The molecule has 0 saturated carbocycles. The molecule has 5 heteroatoms. The molecule has 1 aromatic carbocycles. The number of aromatic nitrogens is 1. The van der Waals surface area contributed by atoms with Gasteiger partial charge in [-0.1, -0.05) is 6.07 Å². The van der Waals surface area contributed by atoms with E-state index >= 15 is 0 Å². The minimum Gasteiger partial charge on any atom is -0.497 e. The lowest BCUT2D eigenvalue weighted by molar-refractivity contribution is 0.0313. The van der Waals surface area contributed by atoms with Crippen LogP contribution in [0.3, 0.4) is 0 Å². The molecular formula is C16H15NO4. The number of hydrogen-bond acceptors (Lipinski definition) is 5. The summed E-state index contributed by atoms with van der Waals surface area (Å²) in [6.07, 6.45) is 0.611. The maximum Gasteiger partial charge on any atom is 0.357 e. The highest BCUT2D eigenvalue weighted by Crippen LogP contribution is 2.14. The van der Waals surface area contributed by atoms with Gasteiger partial charge in [-0.25, -0.2) is 9.78 Å². The number of benzene rings is 1. The predicted octanol–water partition coefficient (Wildman–Crippen LogP) is 2.52. The lowest BCUT2D eigenvalue weighted by Gasteiger charge is -2.12. The number of rotatable bonds is 5. The Labute approximate surface area is 122 Å². The number of methoxy groups -OCH3 is 1. The summed E-state index contributed by atoms with van der Waals surface area (Å²) in [5, 5.41) is 0. The number of ether oxygens (including phenoxy) is 2. The van der Waals surface area contributed by atoms with Gasteiger partial charge in [0.1, 0.15) is 11.4 Å². The molecule has 0 aliphatic carbocycles. The molecule has 0 bridgehead atoms. The van der Waals surface area contributed by atoms with Crippen LogP contribution in [0.2, 0.25) is 0 Å². The largest absolute Gasteiger partial charge is 0.497 e. The molecule has 2 aromatic rings. The fraction of sp³-hybridized carbons (Fsp3) is 0.188. The molecule has 0 aliphatic heterocycles. The maximum absolute atomic E-state index is 12.2. The Balaban J connectivity index is 2.03. The van der Waals surface area contributed by atoms with E-state index in [4.69, 9.17) is 9.47 Å². The van der Waals surface area contributed by atoms with E-state index in [-0.39, 0.29) is 11.5 Å². The van der Waals surface area contributed by atoms with Gasteiger partial charge in [0.15, 0.2) is 6.10 Å². The lowest BCUT2D eigenvalue weighted by atomic mass is 10.1. The zero-order valence-electron chi connectivity index (χ0n) is 11.8. The van der Waals surface area contributed by atoms with Gasteiger partial charge in [-0.05, 0) is 43.3 Å². The van der Waals surface area contributed by atoms with E-state index in [1.807, 2.05) is 0 Å². The second kappa shape index (κ2) is 6.65. The molecule has 1 aromatic heterocycles. The molecule has 0 saturated heterocycles. The smallest absolute Gasteiger partial charge is 0.357 e. The molecule has 0 fully saturated rings. The van der Waals surface area contributed by atoms with E-state index in [0.717, 1.165) is 0 Å². The van der Waals surface area contributed by atoms with E-state index in [1.165, 1.54) is 19.2 Å². The topological polar surface area (TPSA) is 65.5 Å². The van der Waals surface area contributed by atoms with Gasteiger partial charge in [0, 0.05) is 11.8 Å². The Kier molecular flexibility index (Phi) is 4.66. The number of carbonyl (C=O) groups excluding carboxylic acids is 2.